The van der Waals surface area contributed by atoms with Crippen LogP contribution in [0.5, 0.6) is 0 Å². The van der Waals surface area contributed by atoms with E-state index >= 15 is 0 Å². The molecule has 16 heavy (non-hydrogen) atoms. The summed E-state index contributed by atoms with van der Waals surface area (Å²) in [5.74, 6) is 0. The molecule has 0 aliphatic carbocycles. The zero-order chi connectivity index (χ0) is 11.0. The number of pyridine rings is 1. The summed E-state index contributed by atoms with van der Waals surface area (Å²) in [5.41, 5.74) is 2.03. The van der Waals surface area contributed by atoms with Crippen LogP contribution >= 0.6 is 22.7 Å². The topological polar surface area (TPSA) is 46.0 Å². The van der Waals surface area contributed by atoms with E-state index in [4.69, 9.17) is 5.11 Å². The van der Waals surface area contributed by atoms with E-state index in [0.717, 1.165) is 21.0 Å². The van der Waals surface area contributed by atoms with Crippen LogP contribution in [-0.4, -0.2) is 15.1 Å². The molecular formula is C11H8N2OS2. The molecule has 0 aliphatic rings. The highest BCUT2D eigenvalue weighted by Gasteiger charge is 2.06. The lowest BCUT2D eigenvalue weighted by Gasteiger charge is -1.95. The molecule has 0 atom stereocenters. The lowest BCUT2D eigenvalue weighted by Crippen LogP contribution is -1.77. The van der Waals surface area contributed by atoms with Gasteiger partial charge in [-0.2, -0.15) is 0 Å². The Balaban J connectivity index is 2.10. The summed E-state index contributed by atoms with van der Waals surface area (Å²) in [6.07, 6.45) is 3.54. The number of fused-ring (bicyclic) bond motifs is 1. The molecule has 0 spiro atoms. The lowest BCUT2D eigenvalue weighted by atomic mass is 10.3. The normalized spacial score (nSPS) is 11.1. The minimum Gasteiger partial charge on any atom is -0.391 e. The molecule has 0 bridgehead atoms. The second-order valence-corrected chi connectivity index (χ2v) is 5.38. The van der Waals surface area contributed by atoms with Crippen LogP contribution in [0.3, 0.4) is 0 Å². The molecule has 3 nitrogen and oxygen atoms in total. The molecule has 3 aromatic rings. The van der Waals surface area contributed by atoms with Crippen molar-refractivity contribution in [1.82, 2.24) is 9.97 Å². The Morgan fingerprint density at radius 1 is 1.25 bits per heavy atom. The first kappa shape index (κ1) is 9.89. The number of thiazole rings is 1. The summed E-state index contributed by atoms with van der Waals surface area (Å²) in [6.45, 7) is 0.0480. The van der Waals surface area contributed by atoms with Crippen molar-refractivity contribution in [1.29, 1.82) is 0 Å². The number of nitrogens with zero attached hydrogens (tertiary/aromatic N) is 2. The van der Waals surface area contributed by atoms with E-state index in [1.54, 1.807) is 17.5 Å². The van der Waals surface area contributed by atoms with Gasteiger partial charge in [-0.3, -0.25) is 4.98 Å². The molecule has 1 N–H and O–H groups in total. The number of thiophene rings is 1. The van der Waals surface area contributed by atoms with Crippen LogP contribution in [0.4, 0.5) is 0 Å². The fourth-order valence-electron chi connectivity index (χ4n) is 1.48. The third-order valence-electron chi connectivity index (χ3n) is 2.26. The Morgan fingerprint density at radius 3 is 3.00 bits per heavy atom. The van der Waals surface area contributed by atoms with Gasteiger partial charge in [-0.1, -0.05) is 0 Å². The minimum absolute atomic E-state index is 0.0480. The Kier molecular flexibility index (Phi) is 2.43. The second-order valence-electron chi connectivity index (χ2n) is 3.32. The van der Waals surface area contributed by atoms with E-state index in [-0.39, 0.29) is 6.61 Å². The van der Waals surface area contributed by atoms with Crippen molar-refractivity contribution in [3.8, 4) is 10.6 Å². The highest BCUT2D eigenvalue weighted by atomic mass is 32.1. The zero-order valence-corrected chi connectivity index (χ0v) is 9.88. The SMILES string of the molecule is OCc1cnc(-c2cnc3ccsc3c2)s1. The summed E-state index contributed by atoms with van der Waals surface area (Å²) in [7, 11) is 0. The van der Waals surface area contributed by atoms with Gasteiger partial charge < -0.3 is 5.11 Å². The fourth-order valence-corrected chi connectivity index (χ4v) is 3.01. The van der Waals surface area contributed by atoms with E-state index in [0.29, 0.717) is 0 Å². The van der Waals surface area contributed by atoms with Crippen molar-refractivity contribution in [3.05, 3.63) is 34.8 Å². The molecule has 0 saturated heterocycles. The smallest absolute Gasteiger partial charge is 0.125 e. The van der Waals surface area contributed by atoms with E-state index in [2.05, 4.69) is 16.0 Å². The number of aliphatic hydroxyl groups is 1. The number of hydrogen-bond acceptors (Lipinski definition) is 5. The predicted molar refractivity (Wildman–Crippen MR) is 66.7 cm³/mol. The first-order valence-corrected chi connectivity index (χ1v) is 6.45. The standard InChI is InChI=1S/C11H8N2OS2/c14-6-8-5-13-11(16-8)7-3-10-9(12-4-7)1-2-15-10/h1-5,14H,6H2. The highest BCUT2D eigenvalue weighted by molar-refractivity contribution is 7.17. The van der Waals surface area contributed by atoms with Gasteiger partial charge in [0.2, 0.25) is 0 Å². The number of aromatic nitrogens is 2. The molecule has 80 valence electrons. The largest absolute Gasteiger partial charge is 0.391 e. The Morgan fingerprint density at radius 2 is 2.19 bits per heavy atom. The molecule has 0 saturated carbocycles. The van der Waals surface area contributed by atoms with Gasteiger partial charge in [0.05, 0.1) is 21.7 Å². The van der Waals surface area contributed by atoms with E-state index in [1.807, 2.05) is 17.6 Å². The molecular weight excluding hydrogens is 240 g/mol. The van der Waals surface area contributed by atoms with Gasteiger partial charge >= 0.3 is 0 Å². The molecule has 0 radical (unpaired) electrons. The summed E-state index contributed by atoms with van der Waals surface area (Å²) in [4.78, 5) is 9.51. The summed E-state index contributed by atoms with van der Waals surface area (Å²) >= 11 is 3.17. The Hall–Kier alpha value is -1.30. The third kappa shape index (κ3) is 1.63. The quantitative estimate of drug-likeness (QED) is 0.758. The van der Waals surface area contributed by atoms with Crippen LogP contribution in [0, 0.1) is 0 Å². The van der Waals surface area contributed by atoms with Gasteiger partial charge in [0.25, 0.3) is 0 Å². The van der Waals surface area contributed by atoms with E-state index in [9.17, 15) is 0 Å². The molecule has 0 fully saturated rings. The lowest BCUT2D eigenvalue weighted by molar-refractivity contribution is 0.285. The Bertz CT molecular complexity index is 629. The van der Waals surface area contributed by atoms with Crippen molar-refractivity contribution < 1.29 is 5.11 Å². The first-order chi connectivity index (χ1) is 7.86. The predicted octanol–water partition coefficient (Wildman–Crippen LogP) is 2.91. The minimum atomic E-state index is 0.0480. The van der Waals surface area contributed by atoms with E-state index < -0.39 is 0 Å². The number of aliphatic hydroxyl groups excluding tert-OH is 1. The van der Waals surface area contributed by atoms with Gasteiger partial charge in [0, 0.05) is 18.0 Å². The molecule has 0 amide bonds. The van der Waals surface area contributed by atoms with Crippen LogP contribution in [-0.2, 0) is 6.61 Å². The van der Waals surface area contributed by atoms with Crippen LogP contribution < -0.4 is 0 Å². The number of hydrogen-bond donors (Lipinski definition) is 1. The van der Waals surface area contributed by atoms with Gasteiger partial charge in [-0.05, 0) is 17.5 Å². The van der Waals surface area contributed by atoms with Crippen molar-refractivity contribution in [3.63, 3.8) is 0 Å². The maximum atomic E-state index is 8.99. The van der Waals surface area contributed by atoms with Crippen LogP contribution in [0.15, 0.2) is 29.9 Å². The molecule has 3 heterocycles. The first-order valence-electron chi connectivity index (χ1n) is 4.76. The molecule has 3 rings (SSSR count). The highest BCUT2D eigenvalue weighted by Crippen LogP contribution is 2.28. The van der Waals surface area contributed by atoms with Crippen LogP contribution in [0.1, 0.15) is 4.88 Å². The summed E-state index contributed by atoms with van der Waals surface area (Å²) < 4.78 is 1.17. The van der Waals surface area contributed by atoms with Crippen molar-refractivity contribution in [2.24, 2.45) is 0 Å². The molecule has 3 aromatic heterocycles. The summed E-state index contributed by atoms with van der Waals surface area (Å²) in [5, 5.41) is 11.9. The fraction of sp³-hybridized carbons (Fsp3) is 0.0909. The van der Waals surface area contributed by atoms with Gasteiger partial charge in [-0.25, -0.2) is 4.98 Å². The third-order valence-corrected chi connectivity index (χ3v) is 4.14. The van der Waals surface area contributed by atoms with Crippen LogP contribution in [0.2, 0.25) is 0 Å². The van der Waals surface area contributed by atoms with Crippen LogP contribution in [0.25, 0.3) is 20.8 Å². The molecule has 0 unspecified atom stereocenters. The maximum Gasteiger partial charge on any atom is 0.125 e. The molecule has 5 heteroatoms. The van der Waals surface area contributed by atoms with E-state index in [1.165, 1.54) is 16.0 Å². The van der Waals surface area contributed by atoms with Crippen molar-refractivity contribution >= 4 is 32.9 Å². The second kappa shape index (κ2) is 3.93. The van der Waals surface area contributed by atoms with Gasteiger partial charge in [-0.15, -0.1) is 22.7 Å². The summed E-state index contributed by atoms with van der Waals surface area (Å²) in [6, 6.07) is 4.10. The zero-order valence-electron chi connectivity index (χ0n) is 8.25. The average Bonchev–Trinajstić information content (AvgIpc) is 2.96. The monoisotopic (exact) mass is 248 g/mol. The molecule has 0 aromatic carbocycles. The molecule has 0 aliphatic heterocycles. The average molecular weight is 248 g/mol. The van der Waals surface area contributed by atoms with Gasteiger partial charge in [0.1, 0.15) is 5.01 Å². The number of rotatable bonds is 2. The van der Waals surface area contributed by atoms with Gasteiger partial charge in [0.15, 0.2) is 0 Å². The Labute approximate surface area is 100 Å². The van der Waals surface area contributed by atoms with Crippen molar-refractivity contribution in [2.45, 2.75) is 6.61 Å². The van der Waals surface area contributed by atoms with Crippen molar-refractivity contribution in [2.75, 3.05) is 0 Å². The maximum absolute atomic E-state index is 8.99.